The van der Waals surface area contributed by atoms with E-state index in [-0.39, 0.29) is 5.91 Å². The lowest BCUT2D eigenvalue weighted by Crippen LogP contribution is -2.29. The number of hydrogen-bond acceptors (Lipinski definition) is 2. The van der Waals surface area contributed by atoms with Crippen LogP contribution in [0.25, 0.3) is 10.9 Å². The summed E-state index contributed by atoms with van der Waals surface area (Å²) in [6.45, 7) is 2.52. The standard InChI is InChI=1S/C19H24N2O2/c22-19(20-10-9-16-5-3-11-23-16)18-12-15-4-1-2-6-17(15)21(18)13-14-7-8-14/h1-2,4,6,12,14,16H,3,5,7-11,13H2,(H,20,22)/t16-/m0/s1. The second-order valence-corrected chi connectivity index (χ2v) is 6.82. The molecule has 1 saturated heterocycles. The van der Waals surface area contributed by atoms with Crippen LogP contribution in [0.3, 0.4) is 0 Å². The third kappa shape index (κ3) is 3.27. The largest absolute Gasteiger partial charge is 0.378 e. The highest BCUT2D eigenvalue weighted by molar-refractivity contribution is 5.98. The van der Waals surface area contributed by atoms with Crippen molar-refractivity contribution in [3.8, 4) is 0 Å². The van der Waals surface area contributed by atoms with E-state index in [0.717, 1.165) is 49.4 Å². The van der Waals surface area contributed by atoms with Crippen LogP contribution >= 0.6 is 0 Å². The summed E-state index contributed by atoms with van der Waals surface area (Å²) in [7, 11) is 0. The van der Waals surface area contributed by atoms with Crippen molar-refractivity contribution in [2.45, 2.75) is 44.8 Å². The summed E-state index contributed by atoms with van der Waals surface area (Å²) in [5.74, 6) is 0.782. The zero-order chi connectivity index (χ0) is 15.6. The Labute approximate surface area is 136 Å². The summed E-state index contributed by atoms with van der Waals surface area (Å²) in [5.41, 5.74) is 1.97. The lowest BCUT2D eigenvalue weighted by molar-refractivity contribution is 0.0900. The Morgan fingerprint density at radius 1 is 1.26 bits per heavy atom. The number of nitrogens with one attached hydrogen (secondary N) is 1. The fourth-order valence-electron chi connectivity index (χ4n) is 3.46. The number of ether oxygens (including phenoxy) is 1. The summed E-state index contributed by atoms with van der Waals surface area (Å²) < 4.78 is 7.82. The van der Waals surface area contributed by atoms with E-state index in [1.54, 1.807) is 0 Å². The van der Waals surface area contributed by atoms with Gasteiger partial charge in [-0.3, -0.25) is 4.79 Å². The van der Waals surface area contributed by atoms with Crippen molar-refractivity contribution < 1.29 is 9.53 Å². The van der Waals surface area contributed by atoms with Crippen LogP contribution in [0.4, 0.5) is 0 Å². The molecule has 2 aromatic rings. The molecule has 4 heteroatoms. The molecule has 1 aromatic heterocycles. The van der Waals surface area contributed by atoms with Gasteiger partial charge < -0.3 is 14.6 Å². The number of nitrogens with zero attached hydrogens (tertiary/aromatic N) is 1. The van der Waals surface area contributed by atoms with E-state index in [4.69, 9.17) is 4.74 Å². The van der Waals surface area contributed by atoms with E-state index >= 15 is 0 Å². The molecule has 1 aliphatic heterocycles. The molecule has 23 heavy (non-hydrogen) atoms. The van der Waals surface area contributed by atoms with Crippen LogP contribution < -0.4 is 5.32 Å². The first-order chi connectivity index (χ1) is 11.3. The molecule has 1 amide bonds. The van der Waals surface area contributed by atoms with Gasteiger partial charge in [0.1, 0.15) is 5.69 Å². The van der Waals surface area contributed by atoms with Crippen LogP contribution in [0, 0.1) is 5.92 Å². The zero-order valence-corrected chi connectivity index (χ0v) is 13.5. The number of benzene rings is 1. The first-order valence-electron chi connectivity index (χ1n) is 8.79. The van der Waals surface area contributed by atoms with Gasteiger partial charge in [-0.15, -0.1) is 0 Å². The molecule has 2 fully saturated rings. The number of rotatable bonds is 6. The van der Waals surface area contributed by atoms with Gasteiger partial charge in [0.2, 0.25) is 0 Å². The topological polar surface area (TPSA) is 43.3 Å². The molecule has 2 heterocycles. The third-order valence-electron chi connectivity index (χ3n) is 4.96. The minimum absolute atomic E-state index is 0.0415. The first kappa shape index (κ1) is 14.8. The number of hydrogen-bond donors (Lipinski definition) is 1. The van der Waals surface area contributed by atoms with E-state index < -0.39 is 0 Å². The molecule has 1 N–H and O–H groups in total. The highest BCUT2D eigenvalue weighted by Gasteiger charge is 2.25. The van der Waals surface area contributed by atoms with Crippen LogP contribution in [0.15, 0.2) is 30.3 Å². The molecule has 122 valence electrons. The van der Waals surface area contributed by atoms with Gasteiger partial charge in [0.05, 0.1) is 6.10 Å². The summed E-state index contributed by atoms with van der Waals surface area (Å²) in [5, 5.41) is 4.23. The normalized spacial score (nSPS) is 21.0. The first-order valence-corrected chi connectivity index (χ1v) is 8.79. The fourth-order valence-corrected chi connectivity index (χ4v) is 3.46. The zero-order valence-electron chi connectivity index (χ0n) is 13.5. The molecule has 1 aromatic carbocycles. The monoisotopic (exact) mass is 312 g/mol. The van der Waals surface area contributed by atoms with Gasteiger partial charge in [-0.1, -0.05) is 18.2 Å². The average Bonchev–Trinajstić information content (AvgIpc) is 3.09. The highest BCUT2D eigenvalue weighted by Crippen LogP contribution is 2.33. The van der Waals surface area contributed by atoms with E-state index in [1.165, 1.54) is 18.4 Å². The summed E-state index contributed by atoms with van der Waals surface area (Å²) >= 11 is 0. The summed E-state index contributed by atoms with van der Waals surface area (Å²) in [6.07, 6.45) is 6.08. The number of amides is 1. The van der Waals surface area contributed by atoms with Crippen molar-refractivity contribution in [2.75, 3.05) is 13.2 Å². The number of aromatic nitrogens is 1. The number of fused-ring (bicyclic) bond motifs is 1. The molecule has 4 rings (SSSR count). The SMILES string of the molecule is O=C(NCC[C@@H]1CCCO1)c1cc2ccccc2n1CC1CC1. The van der Waals surface area contributed by atoms with Gasteiger partial charge in [-0.05, 0) is 50.2 Å². The van der Waals surface area contributed by atoms with Crippen molar-refractivity contribution in [3.05, 3.63) is 36.0 Å². The smallest absolute Gasteiger partial charge is 0.267 e. The molecular formula is C19H24N2O2. The molecule has 0 spiro atoms. The molecule has 1 saturated carbocycles. The predicted molar refractivity (Wildman–Crippen MR) is 90.6 cm³/mol. The Balaban J connectivity index is 1.48. The summed E-state index contributed by atoms with van der Waals surface area (Å²) in [4.78, 5) is 12.6. The molecule has 4 nitrogen and oxygen atoms in total. The van der Waals surface area contributed by atoms with Gasteiger partial charge in [-0.25, -0.2) is 0 Å². The van der Waals surface area contributed by atoms with E-state index in [0.29, 0.717) is 12.6 Å². The Bertz CT molecular complexity index is 696. The third-order valence-corrected chi connectivity index (χ3v) is 4.96. The van der Waals surface area contributed by atoms with Crippen LogP contribution in [-0.4, -0.2) is 29.7 Å². The second-order valence-electron chi connectivity index (χ2n) is 6.82. The van der Waals surface area contributed by atoms with Crippen LogP contribution in [0.1, 0.15) is 42.6 Å². The van der Waals surface area contributed by atoms with E-state index in [1.807, 2.05) is 18.2 Å². The van der Waals surface area contributed by atoms with Crippen molar-refractivity contribution in [2.24, 2.45) is 5.92 Å². The van der Waals surface area contributed by atoms with Crippen molar-refractivity contribution in [1.29, 1.82) is 0 Å². The Morgan fingerprint density at radius 2 is 2.13 bits per heavy atom. The highest BCUT2D eigenvalue weighted by atomic mass is 16.5. The molecule has 0 unspecified atom stereocenters. The number of para-hydroxylation sites is 1. The maximum Gasteiger partial charge on any atom is 0.267 e. The molecule has 2 aliphatic rings. The fraction of sp³-hybridized carbons (Fsp3) is 0.526. The molecular weight excluding hydrogens is 288 g/mol. The molecule has 1 aliphatic carbocycles. The van der Waals surface area contributed by atoms with Crippen LogP contribution in [0.5, 0.6) is 0 Å². The quantitative estimate of drug-likeness (QED) is 0.889. The molecule has 1 atom stereocenters. The van der Waals surface area contributed by atoms with E-state index in [2.05, 4.69) is 22.0 Å². The maximum atomic E-state index is 12.6. The Kier molecular flexibility index (Phi) is 4.08. The minimum Gasteiger partial charge on any atom is -0.378 e. The lowest BCUT2D eigenvalue weighted by atomic mass is 10.2. The Morgan fingerprint density at radius 3 is 2.91 bits per heavy atom. The lowest BCUT2D eigenvalue weighted by Gasteiger charge is -2.12. The van der Waals surface area contributed by atoms with Crippen molar-refractivity contribution >= 4 is 16.8 Å². The predicted octanol–water partition coefficient (Wildman–Crippen LogP) is 3.35. The number of carbonyl (C=O) groups excluding carboxylic acids is 1. The van der Waals surface area contributed by atoms with Gasteiger partial charge in [0, 0.05) is 30.6 Å². The number of carbonyl (C=O) groups is 1. The maximum absolute atomic E-state index is 12.6. The van der Waals surface area contributed by atoms with Gasteiger partial charge >= 0.3 is 0 Å². The van der Waals surface area contributed by atoms with Crippen molar-refractivity contribution in [1.82, 2.24) is 9.88 Å². The minimum atomic E-state index is 0.0415. The molecule has 0 radical (unpaired) electrons. The van der Waals surface area contributed by atoms with E-state index in [9.17, 15) is 4.79 Å². The molecule has 0 bridgehead atoms. The van der Waals surface area contributed by atoms with Crippen molar-refractivity contribution in [3.63, 3.8) is 0 Å². The average molecular weight is 312 g/mol. The van der Waals surface area contributed by atoms with Gasteiger partial charge in [0.15, 0.2) is 0 Å². The van der Waals surface area contributed by atoms with Crippen LogP contribution in [0.2, 0.25) is 0 Å². The van der Waals surface area contributed by atoms with Gasteiger partial charge in [0.25, 0.3) is 5.91 Å². The van der Waals surface area contributed by atoms with Gasteiger partial charge in [-0.2, -0.15) is 0 Å². The summed E-state index contributed by atoms with van der Waals surface area (Å²) in [6, 6.07) is 10.3. The second kappa shape index (κ2) is 6.36. The Hall–Kier alpha value is -1.81. The van der Waals surface area contributed by atoms with Crippen LogP contribution in [-0.2, 0) is 11.3 Å².